The molecule has 138 valence electrons. The van der Waals surface area contributed by atoms with Gasteiger partial charge in [-0.15, -0.1) is 0 Å². The largest absolute Gasteiger partial charge is 0.494 e. The number of ether oxygens (including phenoxy) is 1. The zero-order valence-corrected chi connectivity index (χ0v) is 16.3. The zero-order valence-electron chi connectivity index (χ0n) is 14.8. The van der Waals surface area contributed by atoms with E-state index in [1.54, 1.807) is 12.1 Å². The molecule has 26 heavy (non-hydrogen) atoms. The lowest BCUT2D eigenvalue weighted by Crippen LogP contribution is -2.35. The van der Waals surface area contributed by atoms with E-state index in [9.17, 15) is 4.79 Å². The van der Waals surface area contributed by atoms with Gasteiger partial charge in [-0.25, -0.2) is 0 Å². The monoisotopic (exact) mass is 392 g/mol. The molecule has 0 unspecified atom stereocenters. The fraction of sp³-hybridized carbons (Fsp3) is 0.350. The van der Waals surface area contributed by atoms with Gasteiger partial charge in [-0.05, 0) is 24.1 Å². The van der Waals surface area contributed by atoms with E-state index in [0.717, 1.165) is 32.6 Å². The van der Waals surface area contributed by atoms with Gasteiger partial charge in [0.05, 0.1) is 17.2 Å². The number of methoxy groups -OCH3 is 1. The molecule has 0 bridgehead atoms. The molecular formula is C20H22Cl2N2O2. The second-order valence-electron chi connectivity index (χ2n) is 6.38. The molecule has 4 nitrogen and oxygen atoms in total. The van der Waals surface area contributed by atoms with E-state index in [4.69, 9.17) is 27.9 Å². The van der Waals surface area contributed by atoms with E-state index in [1.165, 1.54) is 12.7 Å². The van der Waals surface area contributed by atoms with Gasteiger partial charge in [0, 0.05) is 38.3 Å². The van der Waals surface area contributed by atoms with Crippen LogP contribution in [0.25, 0.3) is 0 Å². The number of benzene rings is 2. The number of nitrogens with zero attached hydrogens (tertiary/aromatic N) is 2. The van der Waals surface area contributed by atoms with E-state index in [2.05, 4.69) is 29.2 Å². The maximum absolute atomic E-state index is 12.9. The van der Waals surface area contributed by atoms with Crippen molar-refractivity contribution < 1.29 is 9.53 Å². The molecule has 1 aliphatic heterocycles. The predicted molar refractivity (Wildman–Crippen MR) is 105 cm³/mol. The Kier molecular flexibility index (Phi) is 6.41. The molecule has 2 aromatic carbocycles. The van der Waals surface area contributed by atoms with Crippen molar-refractivity contribution in [2.75, 3.05) is 33.3 Å². The van der Waals surface area contributed by atoms with Gasteiger partial charge in [0.15, 0.2) is 5.75 Å². The summed E-state index contributed by atoms with van der Waals surface area (Å²) in [6.07, 6.45) is 0.941. The third-order valence-electron chi connectivity index (χ3n) is 4.57. The average Bonchev–Trinajstić information content (AvgIpc) is 2.87. The molecule has 6 heteroatoms. The third-order valence-corrected chi connectivity index (χ3v) is 5.14. The molecule has 0 aromatic heterocycles. The molecule has 0 spiro atoms. The Morgan fingerprint density at radius 2 is 1.73 bits per heavy atom. The molecule has 1 aliphatic rings. The van der Waals surface area contributed by atoms with Crippen LogP contribution in [0.2, 0.25) is 10.0 Å². The van der Waals surface area contributed by atoms with Crippen molar-refractivity contribution in [2.45, 2.75) is 13.0 Å². The van der Waals surface area contributed by atoms with Crippen LogP contribution in [0.15, 0.2) is 42.5 Å². The first kappa shape index (κ1) is 19.0. The molecular weight excluding hydrogens is 371 g/mol. The van der Waals surface area contributed by atoms with Crippen LogP contribution in [0.1, 0.15) is 22.3 Å². The molecule has 1 saturated heterocycles. The summed E-state index contributed by atoms with van der Waals surface area (Å²) < 4.78 is 5.15. The second kappa shape index (κ2) is 8.76. The SMILES string of the molecule is COc1c(Cl)cc(C(=O)N2CCCN(Cc3ccccc3)CC2)cc1Cl. The van der Waals surface area contributed by atoms with Crippen molar-refractivity contribution in [2.24, 2.45) is 0 Å². The van der Waals surface area contributed by atoms with E-state index in [1.807, 2.05) is 11.0 Å². The van der Waals surface area contributed by atoms with Crippen molar-refractivity contribution >= 4 is 29.1 Å². The molecule has 0 saturated carbocycles. The highest BCUT2D eigenvalue weighted by Crippen LogP contribution is 2.34. The zero-order chi connectivity index (χ0) is 18.5. The standard InChI is InChI=1S/C20H22Cl2N2O2/c1-26-19-17(21)12-16(13-18(19)22)20(25)24-9-5-8-23(10-11-24)14-15-6-3-2-4-7-15/h2-4,6-7,12-13H,5,8-11,14H2,1H3. The number of hydrogen-bond donors (Lipinski definition) is 0. The van der Waals surface area contributed by atoms with E-state index in [-0.39, 0.29) is 5.91 Å². The van der Waals surface area contributed by atoms with Crippen molar-refractivity contribution in [1.29, 1.82) is 0 Å². The number of hydrogen-bond acceptors (Lipinski definition) is 3. The summed E-state index contributed by atoms with van der Waals surface area (Å²) in [6.45, 7) is 4.14. The van der Waals surface area contributed by atoms with Gasteiger partial charge in [0.25, 0.3) is 5.91 Å². The Morgan fingerprint density at radius 3 is 2.38 bits per heavy atom. The first-order valence-electron chi connectivity index (χ1n) is 8.67. The molecule has 2 aromatic rings. The summed E-state index contributed by atoms with van der Waals surface area (Å²) in [5.74, 6) is 0.354. The van der Waals surface area contributed by atoms with Crippen LogP contribution in [-0.4, -0.2) is 49.0 Å². The average molecular weight is 393 g/mol. The number of carbonyl (C=O) groups is 1. The summed E-state index contributed by atoms with van der Waals surface area (Å²) in [5, 5.41) is 0.702. The normalized spacial score (nSPS) is 15.6. The highest BCUT2D eigenvalue weighted by atomic mass is 35.5. The van der Waals surface area contributed by atoms with Gasteiger partial charge >= 0.3 is 0 Å². The van der Waals surface area contributed by atoms with Gasteiger partial charge in [-0.1, -0.05) is 53.5 Å². The van der Waals surface area contributed by atoms with Crippen molar-refractivity contribution in [3.05, 3.63) is 63.6 Å². The molecule has 3 rings (SSSR count). The number of carbonyl (C=O) groups excluding carboxylic acids is 1. The van der Waals surface area contributed by atoms with Gasteiger partial charge in [-0.2, -0.15) is 0 Å². The number of rotatable bonds is 4. The van der Waals surface area contributed by atoms with Crippen LogP contribution in [0, 0.1) is 0 Å². The Labute approximate surface area is 164 Å². The summed E-state index contributed by atoms with van der Waals surface area (Å²) >= 11 is 12.4. The summed E-state index contributed by atoms with van der Waals surface area (Å²) in [5.41, 5.74) is 1.79. The lowest BCUT2D eigenvalue weighted by atomic mass is 10.2. The van der Waals surface area contributed by atoms with Crippen molar-refractivity contribution in [3.63, 3.8) is 0 Å². The summed E-state index contributed by atoms with van der Waals surface area (Å²) in [7, 11) is 1.50. The minimum atomic E-state index is -0.0435. The maximum Gasteiger partial charge on any atom is 0.254 e. The van der Waals surface area contributed by atoms with E-state index < -0.39 is 0 Å². The lowest BCUT2D eigenvalue weighted by Gasteiger charge is -2.22. The van der Waals surface area contributed by atoms with Crippen LogP contribution >= 0.6 is 23.2 Å². The topological polar surface area (TPSA) is 32.8 Å². The fourth-order valence-electron chi connectivity index (χ4n) is 3.23. The first-order chi connectivity index (χ1) is 12.6. The molecule has 0 radical (unpaired) electrons. The highest BCUT2D eigenvalue weighted by molar-refractivity contribution is 6.37. The Bertz CT molecular complexity index is 745. The van der Waals surface area contributed by atoms with Crippen LogP contribution in [0.4, 0.5) is 0 Å². The molecule has 0 atom stereocenters. The van der Waals surface area contributed by atoms with Crippen molar-refractivity contribution in [1.82, 2.24) is 9.80 Å². The fourth-order valence-corrected chi connectivity index (χ4v) is 3.88. The maximum atomic E-state index is 12.9. The molecule has 1 heterocycles. The van der Waals surface area contributed by atoms with Crippen LogP contribution in [0.5, 0.6) is 5.75 Å². The molecule has 0 N–H and O–H groups in total. The lowest BCUT2D eigenvalue weighted by molar-refractivity contribution is 0.0761. The highest BCUT2D eigenvalue weighted by Gasteiger charge is 2.22. The van der Waals surface area contributed by atoms with Gasteiger partial charge in [0.1, 0.15) is 0 Å². The Balaban J connectivity index is 1.66. The van der Waals surface area contributed by atoms with Gasteiger partial charge < -0.3 is 9.64 Å². The smallest absolute Gasteiger partial charge is 0.254 e. The van der Waals surface area contributed by atoms with Crippen LogP contribution in [-0.2, 0) is 6.54 Å². The third kappa shape index (κ3) is 4.50. The van der Waals surface area contributed by atoms with Crippen LogP contribution < -0.4 is 4.74 Å². The molecule has 1 amide bonds. The summed E-state index contributed by atoms with van der Waals surface area (Å²) in [4.78, 5) is 17.1. The second-order valence-corrected chi connectivity index (χ2v) is 7.20. The molecule has 1 fully saturated rings. The van der Waals surface area contributed by atoms with Crippen molar-refractivity contribution in [3.8, 4) is 5.75 Å². The van der Waals surface area contributed by atoms with Gasteiger partial charge in [-0.3, -0.25) is 9.69 Å². The minimum Gasteiger partial charge on any atom is -0.494 e. The van der Waals surface area contributed by atoms with E-state index in [0.29, 0.717) is 27.9 Å². The Morgan fingerprint density at radius 1 is 1.04 bits per heavy atom. The predicted octanol–water partition coefficient (Wildman–Crippen LogP) is 4.35. The number of halogens is 2. The first-order valence-corrected chi connectivity index (χ1v) is 9.42. The minimum absolute atomic E-state index is 0.0435. The molecule has 0 aliphatic carbocycles. The number of amides is 1. The summed E-state index contributed by atoms with van der Waals surface area (Å²) in [6, 6.07) is 13.7. The van der Waals surface area contributed by atoms with Crippen LogP contribution in [0.3, 0.4) is 0 Å². The quantitative estimate of drug-likeness (QED) is 0.774. The Hall–Kier alpha value is -1.75. The van der Waals surface area contributed by atoms with Gasteiger partial charge in [0.2, 0.25) is 0 Å². The van der Waals surface area contributed by atoms with E-state index >= 15 is 0 Å².